The Morgan fingerprint density at radius 3 is 2.92 bits per heavy atom. The number of aryl methyl sites for hydroxylation is 2. The Bertz CT molecular complexity index is 706. The summed E-state index contributed by atoms with van der Waals surface area (Å²) in [4.78, 5) is 11.9. The molecular formula is C17H24N4O2S2. The smallest absolute Gasteiger partial charge is 0.230 e. The van der Waals surface area contributed by atoms with E-state index < -0.39 is 0 Å². The fraction of sp³-hybridized carbons (Fsp3) is 0.471. The lowest BCUT2D eigenvalue weighted by Gasteiger charge is -2.11. The number of para-hydroxylation sites is 1. The molecular weight excluding hydrogens is 356 g/mol. The normalized spacial score (nSPS) is 12.0. The SMILES string of the molecule is CCc1cccc(C)c1Nc1nnc(SCC(=O)NC(C)COC)s1. The van der Waals surface area contributed by atoms with Crippen molar-refractivity contribution in [2.75, 3.05) is 24.8 Å². The predicted molar refractivity (Wildman–Crippen MR) is 104 cm³/mol. The van der Waals surface area contributed by atoms with Crippen molar-refractivity contribution < 1.29 is 9.53 Å². The van der Waals surface area contributed by atoms with Crippen LogP contribution in [-0.2, 0) is 16.0 Å². The van der Waals surface area contributed by atoms with E-state index in [1.165, 1.54) is 34.2 Å². The van der Waals surface area contributed by atoms with E-state index in [1.807, 2.05) is 6.92 Å². The number of benzene rings is 1. The van der Waals surface area contributed by atoms with Gasteiger partial charge in [0.15, 0.2) is 4.34 Å². The number of amides is 1. The summed E-state index contributed by atoms with van der Waals surface area (Å²) < 4.78 is 5.77. The van der Waals surface area contributed by atoms with E-state index >= 15 is 0 Å². The maximum absolute atomic E-state index is 11.9. The van der Waals surface area contributed by atoms with Gasteiger partial charge in [-0.25, -0.2) is 0 Å². The van der Waals surface area contributed by atoms with Crippen molar-refractivity contribution in [1.29, 1.82) is 0 Å². The van der Waals surface area contributed by atoms with Gasteiger partial charge in [-0.05, 0) is 31.4 Å². The quantitative estimate of drug-likeness (QED) is 0.650. The highest BCUT2D eigenvalue weighted by Crippen LogP contribution is 2.30. The second-order valence-electron chi connectivity index (χ2n) is 5.67. The number of methoxy groups -OCH3 is 1. The lowest BCUT2D eigenvalue weighted by molar-refractivity contribution is -0.119. The Hall–Kier alpha value is -1.64. The molecule has 2 rings (SSSR count). The Kier molecular flexibility index (Phi) is 7.67. The van der Waals surface area contributed by atoms with Crippen molar-refractivity contribution in [3.05, 3.63) is 29.3 Å². The second kappa shape index (κ2) is 9.74. The summed E-state index contributed by atoms with van der Waals surface area (Å²) in [7, 11) is 1.62. The molecule has 0 bridgehead atoms. The van der Waals surface area contributed by atoms with Gasteiger partial charge in [0.2, 0.25) is 11.0 Å². The third kappa shape index (κ3) is 5.98. The van der Waals surface area contributed by atoms with Crippen LogP contribution in [0, 0.1) is 6.92 Å². The highest BCUT2D eigenvalue weighted by atomic mass is 32.2. The van der Waals surface area contributed by atoms with Gasteiger partial charge in [-0.3, -0.25) is 4.79 Å². The molecule has 6 nitrogen and oxygen atoms in total. The summed E-state index contributed by atoms with van der Waals surface area (Å²) in [5.41, 5.74) is 3.51. The average molecular weight is 381 g/mol. The molecule has 0 fully saturated rings. The van der Waals surface area contributed by atoms with Crippen molar-refractivity contribution in [3.63, 3.8) is 0 Å². The average Bonchev–Trinajstić information content (AvgIpc) is 3.02. The minimum atomic E-state index is -0.0357. The lowest BCUT2D eigenvalue weighted by atomic mass is 10.1. The molecule has 1 amide bonds. The first-order valence-electron chi connectivity index (χ1n) is 8.13. The second-order valence-corrected chi connectivity index (χ2v) is 7.87. The summed E-state index contributed by atoms with van der Waals surface area (Å²) >= 11 is 2.84. The molecule has 25 heavy (non-hydrogen) atoms. The Balaban J connectivity index is 1.91. The molecule has 1 atom stereocenters. The predicted octanol–water partition coefficient (Wildman–Crippen LogP) is 3.40. The van der Waals surface area contributed by atoms with Crippen molar-refractivity contribution >= 4 is 39.8 Å². The minimum Gasteiger partial charge on any atom is -0.383 e. The van der Waals surface area contributed by atoms with E-state index in [0.29, 0.717) is 12.4 Å². The Labute approximate surface area is 156 Å². The molecule has 0 saturated carbocycles. The Morgan fingerprint density at radius 2 is 2.20 bits per heavy atom. The largest absolute Gasteiger partial charge is 0.383 e. The van der Waals surface area contributed by atoms with E-state index in [9.17, 15) is 4.79 Å². The molecule has 136 valence electrons. The fourth-order valence-corrected chi connectivity index (χ4v) is 3.93. The highest BCUT2D eigenvalue weighted by Gasteiger charge is 2.12. The summed E-state index contributed by atoms with van der Waals surface area (Å²) in [6.45, 7) is 6.61. The van der Waals surface area contributed by atoms with Crippen molar-refractivity contribution in [2.24, 2.45) is 0 Å². The van der Waals surface area contributed by atoms with Crippen LogP contribution in [0.2, 0.25) is 0 Å². The van der Waals surface area contributed by atoms with Crippen LogP contribution in [-0.4, -0.2) is 41.6 Å². The van der Waals surface area contributed by atoms with E-state index in [1.54, 1.807) is 7.11 Å². The van der Waals surface area contributed by atoms with Crippen LogP contribution in [0.15, 0.2) is 22.5 Å². The van der Waals surface area contributed by atoms with Gasteiger partial charge < -0.3 is 15.4 Å². The lowest BCUT2D eigenvalue weighted by Crippen LogP contribution is -2.36. The number of aromatic nitrogens is 2. The van der Waals surface area contributed by atoms with Gasteiger partial charge in [-0.1, -0.05) is 48.2 Å². The first kappa shape index (κ1) is 19.7. The van der Waals surface area contributed by atoms with Gasteiger partial charge in [-0.15, -0.1) is 10.2 Å². The number of nitrogens with one attached hydrogen (secondary N) is 2. The summed E-state index contributed by atoms with van der Waals surface area (Å²) in [6.07, 6.45) is 0.949. The molecule has 2 N–H and O–H groups in total. The van der Waals surface area contributed by atoms with Crippen LogP contribution in [0.5, 0.6) is 0 Å². The number of hydrogen-bond acceptors (Lipinski definition) is 7. The third-order valence-corrected chi connectivity index (χ3v) is 5.50. The molecule has 8 heteroatoms. The van der Waals surface area contributed by atoms with E-state index in [2.05, 4.69) is 52.9 Å². The van der Waals surface area contributed by atoms with Crippen LogP contribution in [0.25, 0.3) is 0 Å². The zero-order chi connectivity index (χ0) is 18.2. The maximum Gasteiger partial charge on any atom is 0.230 e. The zero-order valence-electron chi connectivity index (χ0n) is 15.0. The standard InChI is InChI=1S/C17H24N4O2S2/c1-5-13-8-6-7-11(2)15(13)19-16-20-21-17(25-16)24-10-14(22)18-12(3)9-23-4/h6-8,12H,5,9-10H2,1-4H3,(H,18,22)(H,19,20). The molecule has 2 aromatic rings. The van der Waals surface area contributed by atoms with Crippen LogP contribution in [0.1, 0.15) is 25.0 Å². The number of thioether (sulfide) groups is 1. The topological polar surface area (TPSA) is 76.1 Å². The van der Waals surface area contributed by atoms with Gasteiger partial charge >= 0.3 is 0 Å². The molecule has 1 heterocycles. The van der Waals surface area contributed by atoms with Gasteiger partial charge in [0, 0.05) is 18.8 Å². The molecule has 1 unspecified atom stereocenters. The highest BCUT2D eigenvalue weighted by molar-refractivity contribution is 8.01. The van der Waals surface area contributed by atoms with Crippen LogP contribution < -0.4 is 10.6 Å². The maximum atomic E-state index is 11.9. The first-order valence-corrected chi connectivity index (χ1v) is 9.93. The number of carbonyl (C=O) groups is 1. The molecule has 0 aliphatic rings. The third-order valence-electron chi connectivity index (χ3n) is 3.53. The Morgan fingerprint density at radius 1 is 1.40 bits per heavy atom. The number of anilines is 2. The van der Waals surface area contributed by atoms with E-state index in [4.69, 9.17) is 4.74 Å². The molecule has 0 spiro atoms. The van der Waals surface area contributed by atoms with Crippen molar-refractivity contribution in [1.82, 2.24) is 15.5 Å². The summed E-state index contributed by atoms with van der Waals surface area (Å²) in [6, 6.07) is 6.24. The molecule has 1 aromatic heterocycles. The first-order chi connectivity index (χ1) is 12.0. The summed E-state index contributed by atoms with van der Waals surface area (Å²) in [5, 5.41) is 15.3. The number of nitrogens with zero attached hydrogens (tertiary/aromatic N) is 2. The van der Waals surface area contributed by atoms with E-state index in [-0.39, 0.29) is 11.9 Å². The molecule has 0 aliphatic heterocycles. The van der Waals surface area contributed by atoms with Crippen LogP contribution in [0.4, 0.5) is 10.8 Å². The molecule has 0 radical (unpaired) electrons. The minimum absolute atomic E-state index is 0.00160. The number of hydrogen-bond donors (Lipinski definition) is 2. The number of rotatable bonds is 9. The van der Waals surface area contributed by atoms with E-state index in [0.717, 1.165) is 21.6 Å². The number of carbonyl (C=O) groups excluding carboxylic acids is 1. The molecule has 0 saturated heterocycles. The van der Waals surface area contributed by atoms with Gasteiger partial charge in [0.1, 0.15) is 0 Å². The summed E-state index contributed by atoms with van der Waals surface area (Å²) in [5.74, 6) is 0.277. The van der Waals surface area contributed by atoms with Gasteiger partial charge in [0.25, 0.3) is 0 Å². The van der Waals surface area contributed by atoms with Crippen LogP contribution in [0.3, 0.4) is 0 Å². The van der Waals surface area contributed by atoms with Crippen LogP contribution >= 0.6 is 23.1 Å². The number of ether oxygens (including phenoxy) is 1. The van der Waals surface area contributed by atoms with Gasteiger partial charge in [0.05, 0.1) is 12.4 Å². The van der Waals surface area contributed by atoms with Crippen molar-refractivity contribution in [3.8, 4) is 0 Å². The molecule has 1 aromatic carbocycles. The monoisotopic (exact) mass is 380 g/mol. The molecule has 0 aliphatic carbocycles. The van der Waals surface area contributed by atoms with Crippen molar-refractivity contribution in [2.45, 2.75) is 37.6 Å². The zero-order valence-corrected chi connectivity index (χ0v) is 16.6. The fourth-order valence-electron chi connectivity index (χ4n) is 2.36. The van der Waals surface area contributed by atoms with Gasteiger partial charge in [-0.2, -0.15) is 0 Å².